The van der Waals surface area contributed by atoms with Crippen LogP contribution in [0.1, 0.15) is 12.5 Å². The van der Waals surface area contributed by atoms with E-state index in [4.69, 9.17) is 0 Å². The fraction of sp³-hybridized carbons (Fsp3) is 0.0769. The second-order valence-corrected chi connectivity index (χ2v) is 11.4. The average molecular weight is 540 g/mol. The maximum atomic E-state index is 2.57. The second-order valence-electron chi connectivity index (χ2n) is 11.4. The van der Waals surface area contributed by atoms with E-state index in [-0.39, 0.29) is 6.17 Å². The number of benzene rings is 6. The van der Waals surface area contributed by atoms with Crippen LogP contribution in [0.4, 0.5) is 22.7 Å². The first-order valence-corrected chi connectivity index (χ1v) is 14.7. The van der Waals surface area contributed by atoms with E-state index in [1.165, 1.54) is 78.1 Å². The number of hydrogen-bond acceptors (Lipinski definition) is 2. The first kappa shape index (κ1) is 23.4. The van der Waals surface area contributed by atoms with Crippen LogP contribution in [0.5, 0.6) is 0 Å². The molecule has 0 N–H and O–H groups in total. The highest BCUT2D eigenvalue weighted by atomic mass is 15.4. The predicted molar refractivity (Wildman–Crippen MR) is 177 cm³/mol. The highest BCUT2D eigenvalue weighted by Crippen LogP contribution is 2.56. The lowest BCUT2D eigenvalue weighted by Crippen LogP contribution is -2.36. The fourth-order valence-corrected chi connectivity index (χ4v) is 7.48. The number of rotatable bonds is 1. The van der Waals surface area contributed by atoms with E-state index in [1.54, 1.807) is 0 Å². The Bertz CT molecular complexity index is 2200. The van der Waals surface area contributed by atoms with Crippen LogP contribution < -0.4 is 9.80 Å². The van der Waals surface area contributed by atoms with E-state index < -0.39 is 0 Å². The Kier molecular flexibility index (Phi) is 4.80. The number of anilines is 4. The summed E-state index contributed by atoms with van der Waals surface area (Å²) in [4.78, 5) is 5.09. The van der Waals surface area contributed by atoms with Gasteiger partial charge in [0.2, 0.25) is 0 Å². The molecular formula is C39H29N3. The lowest BCUT2D eigenvalue weighted by atomic mass is 9.95. The van der Waals surface area contributed by atoms with Gasteiger partial charge in [0.05, 0.1) is 33.8 Å². The van der Waals surface area contributed by atoms with Gasteiger partial charge in [0, 0.05) is 38.7 Å². The van der Waals surface area contributed by atoms with Gasteiger partial charge in [0.15, 0.2) is 0 Å². The molecule has 0 aliphatic carbocycles. The summed E-state index contributed by atoms with van der Waals surface area (Å²) in [7, 11) is 0. The van der Waals surface area contributed by atoms with Crippen molar-refractivity contribution in [3.05, 3.63) is 139 Å². The van der Waals surface area contributed by atoms with Crippen molar-refractivity contribution in [2.24, 2.45) is 0 Å². The molecule has 42 heavy (non-hydrogen) atoms. The van der Waals surface area contributed by atoms with Crippen LogP contribution in [0.25, 0.3) is 49.7 Å². The molecule has 3 heteroatoms. The summed E-state index contributed by atoms with van der Waals surface area (Å²) in [6, 6.07) is 49.1. The number of nitrogens with zero attached hydrogens (tertiary/aromatic N) is 3. The van der Waals surface area contributed by atoms with Gasteiger partial charge >= 0.3 is 0 Å². The summed E-state index contributed by atoms with van der Waals surface area (Å²) in [5.74, 6) is 0. The Labute approximate surface area is 245 Å². The standard InChI is InChI=1S/C39H29N3/c1-25-13-3-7-20-33(25)40-26(2)41-34-21-8-4-14-27(34)30-17-11-18-31-28-15-5-9-22-35(28)42(38(30)31)36-23-10-6-16-29(36)32-19-12-24-37(40)39(32)41/h3-24,26H,1-2H3/t26-/m1/s1. The maximum Gasteiger partial charge on any atom is 0.108 e. The molecule has 3 heterocycles. The summed E-state index contributed by atoms with van der Waals surface area (Å²) in [5, 5.41) is 2.55. The molecule has 0 saturated carbocycles. The Morgan fingerprint density at radius 1 is 0.452 bits per heavy atom. The first-order chi connectivity index (χ1) is 20.7. The van der Waals surface area contributed by atoms with Crippen molar-refractivity contribution in [3.63, 3.8) is 0 Å². The van der Waals surface area contributed by atoms with Crippen molar-refractivity contribution in [1.82, 2.24) is 4.57 Å². The number of aromatic nitrogens is 1. The van der Waals surface area contributed by atoms with E-state index in [1.807, 2.05) is 0 Å². The van der Waals surface area contributed by atoms with Gasteiger partial charge in [-0.3, -0.25) is 0 Å². The van der Waals surface area contributed by atoms with Crippen LogP contribution >= 0.6 is 0 Å². The molecule has 1 aromatic heterocycles. The van der Waals surface area contributed by atoms with E-state index in [0.29, 0.717) is 0 Å². The minimum Gasteiger partial charge on any atom is -0.318 e. The maximum absolute atomic E-state index is 2.57. The third-order valence-electron chi connectivity index (χ3n) is 9.22. The van der Waals surface area contributed by atoms with Gasteiger partial charge in [-0.15, -0.1) is 0 Å². The van der Waals surface area contributed by atoms with Crippen molar-refractivity contribution in [1.29, 1.82) is 0 Å². The van der Waals surface area contributed by atoms with Crippen LogP contribution in [0.15, 0.2) is 133 Å². The van der Waals surface area contributed by atoms with Gasteiger partial charge in [0.1, 0.15) is 6.17 Å². The Morgan fingerprint density at radius 3 is 1.86 bits per heavy atom. The molecule has 0 fully saturated rings. The molecule has 1 atom stereocenters. The molecular weight excluding hydrogens is 510 g/mol. The van der Waals surface area contributed by atoms with Crippen LogP contribution in [-0.4, -0.2) is 10.7 Å². The zero-order chi connectivity index (χ0) is 27.9. The van der Waals surface area contributed by atoms with Gasteiger partial charge in [-0.1, -0.05) is 103 Å². The van der Waals surface area contributed by atoms with Gasteiger partial charge in [-0.25, -0.2) is 0 Å². The minimum absolute atomic E-state index is 0.0695. The summed E-state index contributed by atoms with van der Waals surface area (Å²) in [6.45, 7) is 4.55. The third-order valence-corrected chi connectivity index (χ3v) is 9.22. The highest BCUT2D eigenvalue weighted by Gasteiger charge is 2.39. The van der Waals surface area contributed by atoms with Crippen molar-refractivity contribution < 1.29 is 0 Å². The molecule has 9 rings (SSSR count). The molecule has 0 radical (unpaired) electrons. The minimum atomic E-state index is 0.0695. The topological polar surface area (TPSA) is 11.4 Å². The van der Waals surface area contributed by atoms with E-state index >= 15 is 0 Å². The van der Waals surface area contributed by atoms with Crippen LogP contribution in [0, 0.1) is 6.92 Å². The van der Waals surface area contributed by atoms with Crippen LogP contribution in [0.3, 0.4) is 0 Å². The molecule has 3 nitrogen and oxygen atoms in total. The van der Waals surface area contributed by atoms with Gasteiger partial charge in [-0.05, 0) is 49.7 Å². The number of aryl methyl sites for hydroxylation is 1. The SMILES string of the molecule is Cc1ccccc1N1c2cccc3c2N(c2ccccc2-c2cccc4c5ccccc5n(c24)-c2ccccc2-3)[C@@H]1C. The summed E-state index contributed by atoms with van der Waals surface area (Å²) in [6.07, 6.45) is 0.0695. The molecule has 7 aromatic rings. The molecule has 0 spiro atoms. The molecule has 0 saturated heterocycles. The smallest absolute Gasteiger partial charge is 0.108 e. The Hall–Kier alpha value is -5.28. The predicted octanol–water partition coefficient (Wildman–Crippen LogP) is 10.4. The molecule has 0 unspecified atom stereocenters. The summed E-state index contributed by atoms with van der Waals surface area (Å²) >= 11 is 0. The normalized spacial score (nSPS) is 15.0. The van der Waals surface area contributed by atoms with Crippen molar-refractivity contribution in [3.8, 4) is 27.9 Å². The van der Waals surface area contributed by atoms with Crippen LogP contribution in [-0.2, 0) is 0 Å². The lowest BCUT2D eigenvalue weighted by Gasteiger charge is -2.33. The van der Waals surface area contributed by atoms with Crippen LogP contribution in [0.2, 0.25) is 0 Å². The van der Waals surface area contributed by atoms with Crippen molar-refractivity contribution in [2.75, 3.05) is 9.80 Å². The molecule has 0 bridgehead atoms. The first-order valence-electron chi connectivity index (χ1n) is 14.7. The third kappa shape index (κ3) is 3.00. The second kappa shape index (κ2) is 8.61. The summed E-state index contributed by atoms with van der Waals surface area (Å²) in [5.41, 5.74) is 14.9. The molecule has 6 aromatic carbocycles. The highest BCUT2D eigenvalue weighted by molar-refractivity contribution is 6.16. The monoisotopic (exact) mass is 539 g/mol. The van der Waals surface area contributed by atoms with Gasteiger partial charge < -0.3 is 14.4 Å². The zero-order valence-electron chi connectivity index (χ0n) is 23.6. The van der Waals surface area contributed by atoms with Gasteiger partial charge in [0.25, 0.3) is 0 Å². The quantitative estimate of drug-likeness (QED) is 0.206. The molecule has 0 amide bonds. The van der Waals surface area contributed by atoms with E-state index in [9.17, 15) is 0 Å². The van der Waals surface area contributed by atoms with E-state index in [2.05, 4.69) is 162 Å². The number of para-hydroxylation sites is 6. The van der Waals surface area contributed by atoms with E-state index in [0.717, 1.165) is 0 Å². The molecule has 2 aliphatic heterocycles. The number of hydrogen-bond donors (Lipinski definition) is 0. The Balaban J connectivity index is 1.49. The summed E-state index contributed by atoms with van der Waals surface area (Å²) < 4.78 is 2.50. The van der Waals surface area contributed by atoms with Crippen molar-refractivity contribution >= 4 is 44.6 Å². The average Bonchev–Trinajstić information content (AvgIpc) is 3.53. The fourth-order valence-electron chi connectivity index (χ4n) is 7.48. The lowest BCUT2D eigenvalue weighted by molar-refractivity contribution is 0.760. The largest absolute Gasteiger partial charge is 0.318 e. The van der Waals surface area contributed by atoms with Crippen molar-refractivity contribution in [2.45, 2.75) is 20.0 Å². The Morgan fingerprint density at radius 2 is 1.02 bits per heavy atom. The molecule has 200 valence electrons. The zero-order valence-corrected chi connectivity index (χ0v) is 23.6. The van der Waals surface area contributed by atoms with Gasteiger partial charge in [-0.2, -0.15) is 0 Å². The number of fused-ring (bicyclic) bond motifs is 9. The molecule has 2 aliphatic rings.